The number of amides is 1. The van der Waals surface area contributed by atoms with E-state index >= 15 is 0 Å². The average Bonchev–Trinajstić information content (AvgIpc) is 2.45. The third-order valence-corrected chi connectivity index (χ3v) is 4.58. The Kier molecular flexibility index (Phi) is 6.44. The zero-order chi connectivity index (χ0) is 14.6. The summed E-state index contributed by atoms with van der Waals surface area (Å²) in [6.07, 6.45) is 1.20. The maximum absolute atomic E-state index is 12.0. The smallest absolute Gasteiger partial charge is 0.241 e. The Hall–Kier alpha value is -1.31. The largest absolute Gasteiger partial charge is 0.376 e. The predicted molar refractivity (Wildman–Crippen MR) is 85.2 cm³/mol. The highest BCUT2D eigenvalue weighted by Crippen LogP contribution is 2.08. The summed E-state index contributed by atoms with van der Waals surface area (Å²) in [7, 11) is -3.15. The molecule has 0 aliphatic carbocycles. The first-order chi connectivity index (χ1) is 9.47. The molecule has 0 spiro atoms. The van der Waals surface area contributed by atoms with Gasteiger partial charge in [-0.25, -0.2) is 8.42 Å². The van der Waals surface area contributed by atoms with Crippen molar-refractivity contribution in [2.75, 3.05) is 44.3 Å². The first-order valence-corrected chi connectivity index (χ1v) is 8.33. The number of nitrogens with one attached hydrogen (secondary N) is 1. The molecule has 1 fully saturated rings. The number of halogens is 1. The van der Waals surface area contributed by atoms with Gasteiger partial charge in [0.1, 0.15) is 0 Å². The topological polar surface area (TPSA) is 69.7 Å². The van der Waals surface area contributed by atoms with Crippen LogP contribution in [0.2, 0.25) is 0 Å². The summed E-state index contributed by atoms with van der Waals surface area (Å²) >= 11 is 0. The van der Waals surface area contributed by atoms with Gasteiger partial charge in [-0.3, -0.25) is 4.79 Å². The van der Waals surface area contributed by atoms with Gasteiger partial charge in [-0.1, -0.05) is 18.2 Å². The second-order valence-corrected chi connectivity index (χ2v) is 6.74. The summed E-state index contributed by atoms with van der Waals surface area (Å²) in [5.41, 5.74) is 0.899. The van der Waals surface area contributed by atoms with Gasteiger partial charge in [0.15, 0.2) is 0 Å². The molecule has 0 aromatic heterocycles. The molecule has 0 atom stereocenters. The molecule has 8 heteroatoms. The van der Waals surface area contributed by atoms with Crippen molar-refractivity contribution < 1.29 is 13.2 Å². The second kappa shape index (κ2) is 7.63. The minimum absolute atomic E-state index is 0. The van der Waals surface area contributed by atoms with E-state index in [-0.39, 0.29) is 24.9 Å². The van der Waals surface area contributed by atoms with Crippen LogP contribution >= 0.6 is 12.4 Å². The predicted octanol–water partition coefficient (Wildman–Crippen LogP) is 0.624. The van der Waals surface area contributed by atoms with Crippen LogP contribution in [0.5, 0.6) is 0 Å². The number of nitrogens with zero attached hydrogens (tertiary/aromatic N) is 2. The van der Waals surface area contributed by atoms with Crippen molar-refractivity contribution in [1.82, 2.24) is 9.21 Å². The van der Waals surface area contributed by atoms with Crippen molar-refractivity contribution in [2.45, 2.75) is 0 Å². The van der Waals surface area contributed by atoms with Gasteiger partial charge < -0.3 is 10.2 Å². The van der Waals surface area contributed by atoms with E-state index in [2.05, 4.69) is 5.32 Å². The van der Waals surface area contributed by atoms with Crippen molar-refractivity contribution in [3.8, 4) is 0 Å². The Balaban J connectivity index is 0.00000220. The van der Waals surface area contributed by atoms with Crippen LogP contribution in [-0.4, -0.2) is 62.5 Å². The fraction of sp³-hybridized carbons (Fsp3) is 0.462. The van der Waals surface area contributed by atoms with Crippen LogP contribution in [0, 0.1) is 0 Å². The number of carbonyl (C=O) groups excluding carboxylic acids is 1. The maximum Gasteiger partial charge on any atom is 0.241 e. The summed E-state index contributed by atoms with van der Waals surface area (Å²) in [6.45, 7) is 1.86. The lowest BCUT2D eigenvalue weighted by atomic mass is 10.3. The molecule has 0 unspecified atom stereocenters. The molecule has 1 aromatic rings. The van der Waals surface area contributed by atoms with Gasteiger partial charge in [-0.2, -0.15) is 4.31 Å². The molecule has 1 heterocycles. The lowest BCUT2D eigenvalue weighted by Crippen LogP contribution is -2.51. The first kappa shape index (κ1) is 17.7. The number of benzene rings is 1. The fourth-order valence-corrected chi connectivity index (χ4v) is 2.94. The highest BCUT2D eigenvalue weighted by molar-refractivity contribution is 7.88. The van der Waals surface area contributed by atoms with Crippen LogP contribution in [0.25, 0.3) is 0 Å². The van der Waals surface area contributed by atoms with E-state index in [1.54, 1.807) is 4.90 Å². The van der Waals surface area contributed by atoms with E-state index in [0.29, 0.717) is 26.2 Å². The van der Waals surface area contributed by atoms with Gasteiger partial charge >= 0.3 is 0 Å². The molecule has 1 N–H and O–H groups in total. The molecule has 118 valence electrons. The molecular formula is C13H20ClN3O3S. The van der Waals surface area contributed by atoms with Gasteiger partial charge in [0, 0.05) is 31.9 Å². The van der Waals surface area contributed by atoms with Crippen molar-refractivity contribution in [2.24, 2.45) is 0 Å². The van der Waals surface area contributed by atoms with Crippen LogP contribution in [0.4, 0.5) is 5.69 Å². The number of rotatable bonds is 4. The summed E-state index contributed by atoms with van der Waals surface area (Å²) in [5.74, 6) is -0.0120. The van der Waals surface area contributed by atoms with Crippen molar-refractivity contribution in [3.05, 3.63) is 30.3 Å². The SMILES string of the molecule is CS(=O)(=O)N1CCN(C(=O)CNc2ccccc2)CC1.Cl. The lowest BCUT2D eigenvalue weighted by molar-refractivity contribution is -0.130. The molecule has 1 aliphatic rings. The Morgan fingerprint density at radius 2 is 1.71 bits per heavy atom. The van der Waals surface area contributed by atoms with E-state index in [4.69, 9.17) is 0 Å². The normalized spacial score (nSPS) is 16.1. The van der Waals surface area contributed by atoms with Gasteiger partial charge in [0.2, 0.25) is 15.9 Å². The van der Waals surface area contributed by atoms with Crippen LogP contribution < -0.4 is 5.32 Å². The standard InChI is InChI=1S/C13H19N3O3S.ClH/c1-20(18,19)16-9-7-15(8-10-16)13(17)11-14-12-5-3-2-4-6-12;/h2-6,14H,7-11H2,1H3;1H. The fourth-order valence-electron chi connectivity index (χ4n) is 2.11. The summed E-state index contributed by atoms with van der Waals surface area (Å²) in [6, 6.07) is 9.51. The van der Waals surface area contributed by atoms with E-state index in [1.807, 2.05) is 30.3 Å². The molecule has 21 heavy (non-hydrogen) atoms. The molecule has 1 aliphatic heterocycles. The minimum Gasteiger partial charge on any atom is -0.376 e. The monoisotopic (exact) mass is 333 g/mol. The first-order valence-electron chi connectivity index (χ1n) is 6.48. The van der Waals surface area contributed by atoms with Crippen LogP contribution in [-0.2, 0) is 14.8 Å². The molecule has 0 saturated carbocycles. The number of sulfonamides is 1. The summed E-state index contributed by atoms with van der Waals surface area (Å²) in [5, 5.41) is 3.06. The molecule has 1 saturated heterocycles. The van der Waals surface area contributed by atoms with Gasteiger partial charge in [0.25, 0.3) is 0 Å². The molecule has 1 amide bonds. The number of carbonyl (C=O) groups is 1. The Bertz CT molecular complexity index is 557. The van der Waals surface area contributed by atoms with Gasteiger partial charge in [-0.15, -0.1) is 12.4 Å². The zero-order valence-corrected chi connectivity index (χ0v) is 13.5. The lowest BCUT2D eigenvalue weighted by Gasteiger charge is -2.33. The second-order valence-electron chi connectivity index (χ2n) is 4.76. The molecule has 2 rings (SSSR count). The maximum atomic E-state index is 12.0. The molecular weight excluding hydrogens is 314 g/mol. The van der Waals surface area contributed by atoms with Crippen molar-refractivity contribution in [1.29, 1.82) is 0 Å². The summed E-state index contributed by atoms with van der Waals surface area (Å²) < 4.78 is 24.2. The Labute approximate surface area is 131 Å². The third-order valence-electron chi connectivity index (χ3n) is 3.28. The zero-order valence-electron chi connectivity index (χ0n) is 11.9. The summed E-state index contributed by atoms with van der Waals surface area (Å²) in [4.78, 5) is 13.7. The van der Waals surface area contributed by atoms with E-state index in [9.17, 15) is 13.2 Å². The molecule has 0 bridgehead atoms. The highest BCUT2D eigenvalue weighted by atomic mass is 35.5. The number of para-hydroxylation sites is 1. The quantitative estimate of drug-likeness (QED) is 0.877. The average molecular weight is 334 g/mol. The van der Waals surface area contributed by atoms with E-state index in [0.717, 1.165) is 5.69 Å². The molecule has 1 aromatic carbocycles. The number of hydrogen-bond donors (Lipinski definition) is 1. The number of piperazine rings is 1. The Morgan fingerprint density at radius 1 is 1.14 bits per heavy atom. The van der Waals surface area contributed by atoms with E-state index in [1.165, 1.54) is 10.6 Å². The molecule has 6 nitrogen and oxygen atoms in total. The van der Waals surface area contributed by atoms with Crippen LogP contribution in [0.15, 0.2) is 30.3 Å². The van der Waals surface area contributed by atoms with Crippen molar-refractivity contribution in [3.63, 3.8) is 0 Å². The van der Waals surface area contributed by atoms with Crippen molar-refractivity contribution >= 4 is 34.0 Å². The van der Waals surface area contributed by atoms with Gasteiger partial charge in [0.05, 0.1) is 12.8 Å². The van der Waals surface area contributed by atoms with Crippen LogP contribution in [0.1, 0.15) is 0 Å². The Morgan fingerprint density at radius 3 is 2.24 bits per heavy atom. The minimum atomic E-state index is -3.15. The number of hydrogen-bond acceptors (Lipinski definition) is 4. The number of anilines is 1. The third kappa shape index (κ3) is 5.18. The van der Waals surface area contributed by atoms with E-state index < -0.39 is 10.0 Å². The van der Waals surface area contributed by atoms with Crippen LogP contribution in [0.3, 0.4) is 0 Å². The van der Waals surface area contributed by atoms with Gasteiger partial charge in [-0.05, 0) is 12.1 Å². The highest BCUT2D eigenvalue weighted by Gasteiger charge is 2.25. The molecule has 0 radical (unpaired) electrons.